The average Bonchev–Trinajstić information content (AvgIpc) is 2.83. The zero-order valence-electron chi connectivity index (χ0n) is 16.0. The van der Waals surface area contributed by atoms with Gasteiger partial charge in [-0.3, -0.25) is 4.79 Å². The minimum absolute atomic E-state index is 0.207. The fourth-order valence-corrected chi connectivity index (χ4v) is 5.05. The van der Waals surface area contributed by atoms with Gasteiger partial charge in [0.1, 0.15) is 11.5 Å². The topological polar surface area (TPSA) is 79.6 Å². The standard InChI is InChI=1S/C20H26N2O4S/c1-14-15(2)26-16(3)19(14)20(23)21-17-9-8-10-18(13-17)27(24,25)22-11-6-4-5-7-12-22/h8-10,13H,4-7,11-12H2,1-3H3,(H,21,23). The summed E-state index contributed by atoms with van der Waals surface area (Å²) < 4.78 is 33.0. The van der Waals surface area contributed by atoms with Gasteiger partial charge in [0.15, 0.2) is 0 Å². The zero-order chi connectivity index (χ0) is 19.6. The average molecular weight is 391 g/mol. The molecule has 0 unspecified atom stereocenters. The number of amides is 1. The van der Waals surface area contributed by atoms with Crippen LogP contribution in [-0.2, 0) is 10.0 Å². The van der Waals surface area contributed by atoms with Gasteiger partial charge in [0.25, 0.3) is 5.91 Å². The Bertz CT molecular complexity index is 939. The third-order valence-electron chi connectivity index (χ3n) is 5.08. The highest BCUT2D eigenvalue weighted by atomic mass is 32.2. The number of nitrogens with one attached hydrogen (secondary N) is 1. The number of hydrogen-bond acceptors (Lipinski definition) is 4. The van der Waals surface area contributed by atoms with Crippen LogP contribution >= 0.6 is 0 Å². The Hall–Kier alpha value is -2.12. The van der Waals surface area contributed by atoms with Crippen LogP contribution in [0.15, 0.2) is 33.6 Å². The molecular formula is C20H26N2O4S. The summed E-state index contributed by atoms with van der Waals surface area (Å²) in [4.78, 5) is 12.9. The van der Waals surface area contributed by atoms with Crippen LogP contribution in [0.3, 0.4) is 0 Å². The van der Waals surface area contributed by atoms with Gasteiger partial charge in [0, 0.05) is 24.3 Å². The van der Waals surface area contributed by atoms with E-state index in [2.05, 4.69) is 5.32 Å². The Kier molecular flexibility index (Phi) is 5.72. The maximum Gasteiger partial charge on any atom is 0.259 e. The number of hydrogen-bond donors (Lipinski definition) is 1. The Morgan fingerprint density at radius 1 is 1.04 bits per heavy atom. The van der Waals surface area contributed by atoms with E-state index in [4.69, 9.17) is 4.42 Å². The molecule has 2 aromatic rings. The summed E-state index contributed by atoms with van der Waals surface area (Å²) in [7, 11) is -3.56. The molecule has 1 saturated heterocycles. The molecule has 0 bridgehead atoms. The van der Waals surface area contributed by atoms with Gasteiger partial charge < -0.3 is 9.73 Å². The zero-order valence-corrected chi connectivity index (χ0v) is 16.9. The number of benzene rings is 1. The van der Waals surface area contributed by atoms with Crippen LogP contribution < -0.4 is 5.32 Å². The predicted molar refractivity (Wildman–Crippen MR) is 105 cm³/mol. The monoisotopic (exact) mass is 390 g/mol. The lowest BCUT2D eigenvalue weighted by molar-refractivity contribution is 0.102. The van der Waals surface area contributed by atoms with Crippen molar-refractivity contribution in [3.8, 4) is 0 Å². The number of furan rings is 1. The van der Waals surface area contributed by atoms with Crippen LogP contribution in [0.2, 0.25) is 0 Å². The lowest BCUT2D eigenvalue weighted by atomic mass is 10.1. The van der Waals surface area contributed by atoms with Gasteiger partial charge in [-0.05, 0) is 51.8 Å². The number of aryl methyl sites for hydroxylation is 2. The summed E-state index contributed by atoms with van der Waals surface area (Å²) in [5, 5.41) is 2.80. The number of anilines is 1. The molecule has 6 nitrogen and oxygen atoms in total. The molecule has 0 radical (unpaired) electrons. The van der Waals surface area contributed by atoms with Crippen LogP contribution in [0.1, 0.15) is 53.1 Å². The van der Waals surface area contributed by atoms with E-state index >= 15 is 0 Å². The van der Waals surface area contributed by atoms with Crippen LogP contribution in [0, 0.1) is 20.8 Å². The van der Waals surface area contributed by atoms with Gasteiger partial charge >= 0.3 is 0 Å². The van der Waals surface area contributed by atoms with E-state index in [1.165, 1.54) is 6.07 Å². The molecule has 3 rings (SSSR count). The van der Waals surface area contributed by atoms with E-state index in [-0.39, 0.29) is 10.8 Å². The molecule has 1 fully saturated rings. The molecule has 1 aliphatic heterocycles. The van der Waals surface area contributed by atoms with E-state index in [0.717, 1.165) is 31.2 Å². The van der Waals surface area contributed by atoms with Crippen LogP contribution in [-0.4, -0.2) is 31.7 Å². The summed E-state index contributed by atoms with van der Waals surface area (Å²) in [5.41, 5.74) is 1.74. The fourth-order valence-electron chi connectivity index (χ4n) is 3.49. The Balaban J connectivity index is 1.84. The molecule has 1 aromatic heterocycles. The van der Waals surface area contributed by atoms with Crippen molar-refractivity contribution < 1.29 is 17.6 Å². The van der Waals surface area contributed by atoms with Crippen LogP contribution in [0.25, 0.3) is 0 Å². The molecule has 0 aliphatic carbocycles. The molecule has 27 heavy (non-hydrogen) atoms. The third-order valence-corrected chi connectivity index (χ3v) is 6.98. The van der Waals surface area contributed by atoms with Crippen molar-refractivity contribution in [2.75, 3.05) is 18.4 Å². The maximum atomic E-state index is 13.0. The van der Waals surface area contributed by atoms with E-state index in [1.807, 2.05) is 13.8 Å². The number of nitrogens with zero attached hydrogens (tertiary/aromatic N) is 1. The van der Waals surface area contributed by atoms with Gasteiger partial charge in [-0.1, -0.05) is 18.9 Å². The largest absolute Gasteiger partial charge is 0.466 e. The van der Waals surface area contributed by atoms with Gasteiger partial charge in [0.2, 0.25) is 10.0 Å². The first-order valence-electron chi connectivity index (χ1n) is 9.29. The molecular weight excluding hydrogens is 364 g/mol. The van der Waals surface area contributed by atoms with Crippen molar-refractivity contribution in [1.82, 2.24) is 4.31 Å². The molecule has 2 heterocycles. The molecule has 0 atom stereocenters. The van der Waals surface area contributed by atoms with Gasteiger partial charge in [-0.25, -0.2) is 8.42 Å². The van der Waals surface area contributed by atoms with Crippen LogP contribution in [0.4, 0.5) is 5.69 Å². The highest BCUT2D eigenvalue weighted by Gasteiger charge is 2.26. The molecule has 1 aromatic carbocycles. The molecule has 7 heteroatoms. The summed E-state index contributed by atoms with van der Waals surface area (Å²) in [6, 6.07) is 6.45. The first-order valence-corrected chi connectivity index (χ1v) is 10.7. The van der Waals surface area contributed by atoms with Gasteiger partial charge in [-0.2, -0.15) is 4.31 Å². The van der Waals surface area contributed by atoms with Crippen molar-refractivity contribution in [3.63, 3.8) is 0 Å². The Morgan fingerprint density at radius 2 is 1.70 bits per heavy atom. The quantitative estimate of drug-likeness (QED) is 0.855. The molecule has 146 valence electrons. The van der Waals surface area contributed by atoms with Crippen LogP contribution in [0.5, 0.6) is 0 Å². The second kappa shape index (κ2) is 7.86. The normalized spacial score (nSPS) is 16.1. The predicted octanol–water partition coefficient (Wildman–Crippen LogP) is 4.02. The minimum Gasteiger partial charge on any atom is -0.466 e. The summed E-state index contributed by atoms with van der Waals surface area (Å²) in [5.74, 6) is 0.956. The Morgan fingerprint density at radius 3 is 2.30 bits per heavy atom. The number of sulfonamides is 1. The number of rotatable bonds is 4. The third kappa shape index (κ3) is 4.09. The summed E-state index contributed by atoms with van der Waals surface area (Å²) >= 11 is 0. The molecule has 1 N–H and O–H groups in total. The van der Waals surface area contributed by atoms with E-state index in [9.17, 15) is 13.2 Å². The molecule has 1 aliphatic rings. The highest BCUT2D eigenvalue weighted by Crippen LogP contribution is 2.25. The van der Waals surface area contributed by atoms with E-state index < -0.39 is 10.0 Å². The minimum atomic E-state index is -3.56. The Labute approximate surface area is 160 Å². The van der Waals surface area contributed by atoms with Crippen molar-refractivity contribution >= 4 is 21.6 Å². The summed E-state index contributed by atoms with van der Waals surface area (Å²) in [6.45, 7) is 6.49. The molecule has 1 amide bonds. The first kappa shape index (κ1) is 19.6. The lowest BCUT2D eigenvalue weighted by Gasteiger charge is -2.20. The SMILES string of the molecule is Cc1oc(C)c(C(=O)Nc2cccc(S(=O)(=O)N3CCCCCC3)c2)c1C. The van der Waals surface area contributed by atoms with Crippen molar-refractivity contribution in [3.05, 3.63) is 46.9 Å². The first-order chi connectivity index (χ1) is 12.8. The highest BCUT2D eigenvalue weighted by molar-refractivity contribution is 7.89. The van der Waals surface area contributed by atoms with Crippen molar-refractivity contribution in [1.29, 1.82) is 0 Å². The van der Waals surface area contributed by atoms with Crippen molar-refractivity contribution in [2.24, 2.45) is 0 Å². The van der Waals surface area contributed by atoms with Gasteiger partial charge in [0.05, 0.1) is 10.5 Å². The number of carbonyl (C=O) groups is 1. The second-order valence-electron chi connectivity index (χ2n) is 7.01. The van der Waals surface area contributed by atoms with E-state index in [1.54, 1.807) is 29.4 Å². The second-order valence-corrected chi connectivity index (χ2v) is 8.95. The van der Waals surface area contributed by atoms with Crippen molar-refractivity contribution in [2.45, 2.75) is 51.3 Å². The maximum absolute atomic E-state index is 13.0. The molecule has 0 saturated carbocycles. The fraction of sp³-hybridized carbons (Fsp3) is 0.450. The lowest BCUT2D eigenvalue weighted by Crippen LogP contribution is -2.32. The smallest absolute Gasteiger partial charge is 0.259 e. The summed E-state index contributed by atoms with van der Waals surface area (Å²) in [6.07, 6.45) is 3.89. The molecule has 0 spiro atoms. The number of carbonyl (C=O) groups excluding carboxylic acids is 1. The van der Waals surface area contributed by atoms with E-state index in [0.29, 0.717) is 35.9 Å². The van der Waals surface area contributed by atoms with Gasteiger partial charge in [-0.15, -0.1) is 0 Å².